The molecule has 7 heteroatoms. The number of pyridine rings is 1. The molecule has 0 spiro atoms. The number of carbonyl (C=O) groups is 1. The Bertz CT molecular complexity index is 968. The van der Waals surface area contributed by atoms with Crippen molar-refractivity contribution in [3.8, 4) is 17.2 Å². The van der Waals surface area contributed by atoms with E-state index in [1.165, 1.54) is 0 Å². The van der Waals surface area contributed by atoms with Gasteiger partial charge in [0.2, 0.25) is 12.7 Å². The normalized spacial score (nSPS) is 17.9. The molecule has 0 unspecified atom stereocenters. The maximum absolute atomic E-state index is 12.3. The van der Waals surface area contributed by atoms with E-state index in [0.29, 0.717) is 18.0 Å². The third-order valence-corrected chi connectivity index (χ3v) is 4.50. The molecule has 7 nitrogen and oxygen atoms in total. The summed E-state index contributed by atoms with van der Waals surface area (Å²) in [7, 11) is 0. The van der Waals surface area contributed by atoms with Crippen LogP contribution in [-0.2, 0) is 4.79 Å². The molecule has 0 aliphatic carbocycles. The van der Waals surface area contributed by atoms with Gasteiger partial charge in [-0.1, -0.05) is 6.07 Å². The molecule has 0 saturated carbocycles. The number of anilines is 1. The monoisotopic (exact) mass is 334 g/mol. The fourth-order valence-electron chi connectivity index (χ4n) is 3.30. The average molecular weight is 334 g/mol. The Balaban J connectivity index is 1.60. The number of carbonyl (C=O) groups excluding carboxylic acids is 1. The van der Waals surface area contributed by atoms with Crippen LogP contribution in [0.2, 0.25) is 0 Å². The number of nitrogens with one attached hydrogen (secondary N) is 1. The third kappa shape index (κ3) is 2.24. The number of hydrogen-bond acceptors (Lipinski definition) is 5. The molecule has 2 aliphatic rings. The highest BCUT2D eigenvalue weighted by Crippen LogP contribution is 2.41. The zero-order chi connectivity index (χ0) is 16.8. The molecule has 2 aliphatic heterocycles. The predicted octanol–water partition coefficient (Wildman–Crippen LogP) is 2.47. The predicted molar refractivity (Wildman–Crippen MR) is 89.0 cm³/mol. The van der Waals surface area contributed by atoms with E-state index in [4.69, 9.17) is 9.47 Å². The van der Waals surface area contributed by atoms with Gasteiger partial charge in [0.05, 0.1) is 17.6 Å². The lowest BCUT2D eigenvalue weighted by Gasteiger charge is -2.23. The van der Waals surface area contributed by atoms with Crippen LogP contribution in [0.5, 0.6) is 11.5 Å². The highest BCUT2D eigenvalue weighted by molar-refractivity contribution is 5.94. The van der Waals surface area contributed by atoms with E-state index >= 15 is 0 Å². The quantitative estimate of drug-likeness (QED) is 0.779. The van der Waals surface area contributed by atoms with Crippen molar-refractivity contribution < 1.29 is 14.3 Å². The lowest BCUT2D eigenvalue weighted by Crippen LogP contribution is -2.24. The van der Waals surface area contributed by atoms with Gasteiger partial charge < -0.3 is 14.8 Å². The molecular weight excluding hydrogens is 320 g/mol. The van der Waals surface area contributed by atoms with E-state index < -0.39 is 0 Å². The summed E-state index contributed by atoms with van der Waals surface area (Å²) in [6, 6.07) is 9.54. The largest absolute Gasteiger partial charge is 0.454 e. The Hall–Kier alpha value is -3.35. The summed E-state index contributed by atoms with van der Waals surface area (Å²) in [5.41, 5.74) is 2.67. The number of benzene rings is 1. The topological polar surface area (TPSA) is 78.3 Å². The van der Waals surface area contributed by atoms with Crippen LogP contribution in [0.15, 0.2) is 49.1 Å². The van der Waals surface area contributed by atoms with Gasteiger partial charge in [-0.3, -0.25) is 14.3 Å². The summed E-state index contributed by atoms with van der Waals surface area (Å²) in [5, 5.41) is 2.94. The Kier molecular flexibility index (Phi) is 3.00. The molecule has 5 rings (SSSR count). The average Bonchev–Trinajstić information content (AvgIpc) is 3.27. The van der Waals surface area contributed by atoms with Crippen LogP contribution < -0.4 is 14.8 Å². The first kappa shape index (κ1) is 14.0. The van der Waals surface area contributed by atoms with Gasteiger partial charge >= 0.3 is 0 Å². The lowest BCUT2D eigenvalue weighted by atomic mass is 9.89. The smallest absolute Gasteiger partial charge is 0.231 e. The number of hydrogen-bond donors (Lipinski definition) is 1. The van der Waals surface area contributed by atoms with E-state index in [1.54, 1.807) is 18.7 Å². The van der Waals surface area contributed by atoms with Crippen molar-refractivity contribution in [1.29, 1.82) is 0 Å². The summed E-state index contributed by atoms with van der Waals surface area (Å²) in [5.74, 6) is 1.95. The zero-order valence-corrected chi connectivity index (χ0v) is 13.2. The minimum Gasteiger partial charge on any atom is -0.454 e. The van der Waals surface area contributed by atoms with Gasteiger partial charge in [0.15, 0.2) is 11.5 Å². The molecule has 1 amide bonds. The van der Waals surface area contributed by atoms with Crippen molar-refractivity contribution in [3.05, 3.63) is 60.3 Å². The Morgan fingerprint density at radius 2 is 2.12 bits per heavy atom. The van der Waals surface area contributed by atoms with Crippen molar-refractivity contribution in [3.63, 3.8) is 0 Å². The fraction of sp³-hybridized carbons (Fsp3) is 0.167. The third-order valence-electron chi connectivity index (χ3n) is 4.50. The van der Waals surface area contributed by atoms with E-state index in [0.717, 1.165) is 22.7 Å². The summed E-state index contributed by atoms with van der Waals surface area (Å²) in [4.78, 5) is 21.0. The summed E-state index contributed by atoms with van der Waals surface area (Å²) in [6.45, 7) is 0.227. The van der Waals surface area contributed by atoms with Gasteiger partial charge in [0, 0.05) is 18.5 Å². The first-order valence-electron chi connectivity index (χ1n) is 7.96. The van der Waals surface area contributed by atoms with E-state index in [2.05, 4.69) is 15.3 Å². The summed E-state index contributed by atoms with van der Waals surface area (Å²) < 4.78 is 12.7. The summed E-state index contributed by atoms with van der Waals surface area (Å²) in [6.07, 6.45) is 5.50. The number of amides is 1. The van der Waals surface area contributed by atoms with Crippen LogP contribution in [0.1, 0.15) is 23.6 Å². The van der Waals surface area contributed by atoms with Crippen LogP contribution >= 0.6 is 0 Å². The lowest BCUT2D eigenvalue weighted by molar-refractivity contribution is -0.116. The molecule has 4 heterocycles. The molecule has 1 aromatic carbocycles. The Morgan fingerprint density at radius 3 is 3.00 bits per heavy atom. The minimum atomic E-state index is -0.129. The molecule has 0 bridgehead atoms. The SMILES string of the molecule is O=C1C[C@@H](c2ccc3c(c2)OCO3)c2ncn(-c3cccnc3)c2N1. The highest BCUT2D eigenvalue weighted by Gasteiger charge is 2.32. The van der Waals surface area contributed by atoms with Crippen LogP contribution in [0.4, 0.5) is 5.82 Å². The van der Waals surface area contributed by atoms with Crippen LogP contribution in [0.3, 0.4) is 0 Å². The number of ether oxygens (including phenoxy) is 2. The Labute approximate surface area is 143 Å². The van der Waals surface area contributed by atoms with E-state index in [9.17, 15) is 4.79 Å². The van der Waals surface area contributed by atoms with Crippen LogP contribution in [-0.4, -0.2) is 27.2 Å². The van der Waals surface area contributed by atoms with Gasteiger partial charge in [0.25, 0.3) is 0 Å². The van der Waals surface area contributed by atoms with Crippen molar-refractivity contribution in [2.75, 3.05) is 12.1 Å². The van der Waals surface area contributed by atoms with Gasteiger partial charge in [0.1, 0.15) is 12.1 Å². The molecule has 1 N–H and O–H groups in total. The number of aromatic nitrogens is 3. The maximum atomic E-state index is 12.3. The van der Waals surface area contributed by atoms with Crippen molar-refractivity contribution in [1.82, 2.24) is 14.5 Å². The fourth-order valence-corrected chi connectivity index (χ4v) is 3.30. The molecule has 3 aromatic rings. The molecule has 124 valence electrons. The molecular formula is C18H14N4O3. The van der Waals surface area contributed by atoms with Gasteiger partial charge in [-0.05, 0) is 29.8 Å². The standard InChI is InChI=1S/C18H14N4O3/c23-16-7-13(11-3-4-14-15(6-11)25-10-24-14)17-18(21-16)22(9-20-17)12-2-1-5-19-8-12/h1-6,8-9,13H,7,10H2,(H,21,23)/t13-/m0/s1. The molecule has 2 aromatic heterocycles. The minimum absolute atomic E-state index is 0.0409. The molecule has 1 atom stereocenters. The maximum Gasteiger partial charge on any atom is 0.231 e. The highest BCUT2D eigenvalue weighted by atomic mass is 16.7. The van der Waals surface area contributed by atoms with E-state index in [-0.39, 0.29) is 18.6 Å². The first-order chi connectivity index (χ1) is 12.3. The second-order valence-corrected chi connectivity index (χ2v) is 5.98. The van der Waals surface area contributed by atoms with Crippen molar-refractivity contribution in [2.45, 2.75) is 12.3 Å². The van der Waals surface area contributed by atoms with Gasteiger partial charge in [-0.25, -0.2) is 4.98 Å². The molecule has 0 saturated heterocycles. The van der Waals surface area contributed by atoms with Gasteiger partial charge in [-0.15, -0.1) is 0 Å². The molecule has 25 heavy (non-hydrogen) atoms. The van der Waals surface area contributed by atoms with Crippen molar-refractivity contribution in [2.24, 2.45) is 0 Å². The van der Waals surface area contributed by atoms with Crippen molar-refractivity contribution >= 4 is 11.7 Å². The van der Waals surface area contributed by atoms with Crippen LogP contribution in [0, 0.1) is 0 Å². The molecule has 0 fully saturated rings. The zero-order valence-electron chi connectivity index (χ0n) is 13.2. The number of nitrogens with zero attached hydrogens (tertiary/aromatic N) is 3. The summed E-state index contributed by atoms with van der Waals surface area (Å²) >= 11 is 0. The van der Waals surface area contributed by atoms with Gasteiger partial charge in [-0.2, -0.15) is 0 Å². The molecule has 0 radical (unpaired) electrons. The Morgan fingerprint density at radius 1 is 1.20 bits per heavy atom. The van der Waals surface area contributed by atoms with E-state index in [1.807, 2.05) is 34.9 Å². The van der Waals surface area contributed by atoms with Crippen LogP contribution in [0.25, 0.3) is 5.69 Å². The number of imidazole rings is 1. The number of rotatable bonds is 2. The number of fused-ring (bicyclic) bond motifs is 2. The second kappa shape index (κ2) is 5.34. The second-order valence-electron chi connectivity index (χ2n) is 5.98. The first-order valence-corrected chi connectivity index (χ1v) is 7.96.